The minimum absolute atomic E-state index is 0.0207. The van der Waals surface area contributed by atoms with Crippen LogP contribution >= 0.6 is 0 Å². The molecule has 3 heterocycles. The van der Waals surface area contributed by atoms with Crippen molar-refractivity contribution in [3.63, 3.8) is 0 Å². The smallest absolute Gasteiger partial charge is 0.255 e. The topological polar surface area (TPSA) is 65.1 Å². The van der Waals surface area contributed by atoms with Crippen molar-refractivity contribution in [1.29, 1.82) is 0 Å². The van der Waals surface area contributed by atoms with Gasteiger partial charge < -0.3 is 9.80 Å². The van der Waals surface area contributed by atoms with E-state index < -0.39 is 0 Å². The van der Waals surface area contributed by atoms with E-state index in [0.717, 1.165) is 61.4 Å². The Bertz CT molecular complexity index is 1150. The summed E-state index contributed by atoms with van der Waals surface area (Å²) in [5.41, 5.74) is 4.13. The van der Waals surface area contributed by atoms with Gasteiger partial charge >= 0.3 is 0 Å². The lowest BCUT2D eigenvalue weighted by atomic mass is 9.77. The van der Waals surface area contributed by atoms with Gasteiger partial charge in [-0.25, -0.2) is 9.97 Å². The van der Waals surface area contributed by atoms with Gasteiger partial charge in [0.05, 0.1) is 11.2 Å². The number of rotatable bonds is 2. The summed E-state index contributed by atoms with van der Waals surface area (Å²) in [7, 11) is 3.84. The number of nitrogens with one attached hydrogen (secondary N) is 1. The molecule has 2 aliphatic rings. The summed E-state index contributed by atoms with van der Waals surface area (Å²) in [6, 6.07) is 10.5. The zero-order valence-corrected chi connectivity index (χ0v) is 17.3. The van der Waals surface area contributed by atoms with Crippen LogP contribution in [0.4, 0.5) is 11.8 Å². The van der Waals surface area contributed by atoms with Crippen molar-refractivity contribution in [2.24, 2.45) is 0 Å². The Morgan fingerprint density at radius 1 is 1.17 bits per heavy atom. The summed E-state index contributed by atoms with van der Waals surface area (Å²) in [6.45, 7) is 4.02. The molecule has 1 N–H and O–H groups in total. The molecule has 0 bridgehead atoms. The molecule has 5 rings (SSSR count). The average Bonchev–Trinajstić information content (AvgIpc) is 3.06. The van der Waals surface area contributed by atoms with Crippen molar-refractivity contribution in [2.75, 3.05) is 37.0 Å². The molecule has 1 fully saturated rings. The van der Waals surface area contributed by atoms with Gasteiger partial charge in [0.25, 0.3) is 5.56 Å². The molecule has 1 aliphatic heterocycles. The van der Waals surface area contributed by atoms with Gasteiger partial charge in [0.2, 0.25) is 5.95 Å². The molecule has 6 heteroatoms. The van der Waals surface area contributed by atoms with Gasteiger partial charge in [-0.15, -0.1) is 0 Å². The van der Waals surface area contributed by atoms with Crippen LogP contribution in [-0.4, -0.2) is 42.1 Å². The first kappa shape index (κ1) is 18.2. The van der Waals surface area contributed by atoms with Crippen molar-refractivity contribution in [1.82, 2.24) is 15.0 Å². The van der Waals surface area contributed by atoms with Crippen LogP contribution in [0, 0.1) is 6.92 Å². The Hall–Kier alpha value is -2.89. The fourth-order valence-corrected chi connectivity index (χ4v) is 5.07. The third kappa shape index (κ3) is 2.89. The molecule has 29 heavy (non-hydrogen) atoms. The molecule has 1 aromatic carbocycles. The van der Waals surface area contributed by atoms with E-state index >= 15 is 0 Å². The summed E-state index contributed by atoms with van der Waals surface area (Å²) >= 11 is 0. The Morgan fingerprint density at radius 2 is 2.00 bits per heavy atom. The number of hydrogen-bond donors (Lipinski definition) is 1. The van der Waals surface area contributed by atoms with Crippen LogP contribution in [0.25, 0.3) is 10.9 Å². The fraction of sp³-hybridized carbons (Fsp3) is 0.435. The van der Waals surface area contributed by atoms with Gasteiger partial charge in [-0.2, -0.15) is 0 Å². The van der Waals surface area contributed by atoms with Crippen molar-refractivity contribution in [3.05, 3.63) is 57.5 Å². The van der Waals surface area contributed by atoms with Gasteiger partial charge in [0.1, 0.15) is 5.82 Å². The molecule has 1 spiro atoms. The van der Waals surface area contributed by atoms with E-state index in [0.29, 0.717) is 5.95 Å². The SMILES string of the molecule is Cc1cc(N2CCCC3(CCc4c3nc(N(C)C)[nH]c4=O)C2)nc2ccccc12. The van der Waals surface area contributed by atoms with Gasteiger partial charge in [-0.1, -0.05) is 18.2 Å². The number of anilines is 2. The predicted molar refractivity (Wildman–Crippen MR) is 117 cm³/mol. The maximum Gasteiger partial charge on any atom is 0.255 e. The molecule has 0 radical (unpaired) electrons. The highest BCUT2D eigenvalue weighted by Gasteiger charge is 2.45. The number of nitrogens with zero attached hydrogens (tertiary/aromatic N) is 4. The summed E-state index contributed by atoms with van der Waals surface area (Å²) in [5, 5.41) is 1.21. The molecule has 2 aromatic heterocycles. The molecule has 3 aromatic rings. The highest BCUT2D eigenvalue weighted by Crippen LogP contribution is 2.44. The Morgan fingerprint density at radius 3 is 2.83 bits per heavy atom. The molecule has 1 atom stereocenters. The Labute approximate surface area is 170 Å². The van der Waals surface area contributed by atoms with Crippen molar-refractivity contribution in [3.8, 4) is 0 Å². The molecule has 1 aliphatic carbocycles. The number of aromatic nitrogens is 3. The number of benzene rings is 1. The number of piperidine rings is 1. The molecule has 1 unspecified atom stereocenters. The maximum atomic E-state index is 12.7. The third-order valence-electron chi connectivity index (χ3n) is 6.59. The summed E-state index contributed by atoms with van der Waals surface area (Å²) < 4.78 is 0. The van der Waals surface area contributed by atoms with E-state index in [-0.39, 0.29) is 11.0 Å². The zero-order chi connectivity index (χ0) is 20.2. The number of aryl methyl sites for hydroxylation is 1. The lowest BCUT2D eigenvalue weighted by Crippen LogP contribution is -2.46. The fourth-order valence-electron chi connectivity index (χ4n) is 5.07. The van der Waals surface area contributed by atoms with E-state index in [2.05, 4.69) is 41.1 Å². The lowest BCUT2D eigenvalue weighted by molar-refractivity contribution is 0.333. The van der Waals surface area contributed by atoms with Crippen molar-refractivity contribution in [2.45, 2.75) is 38.0 Å². The second-order valence-electron chi connectivity index (χ2n) is 8.73. The van der Waals surface area contributed by atoms with Crippen LogP contribution in [0.5, 0.6) is 0 Å². The van der Waals surface area contributed by atoms with Crippen LogP contribution < -0.4 is 15.4 Å². The molecule has 0 amide bonds. The first-order chi connectivity index (χ1) is 14.0. The van der Waals surface area contributed by atoms with E-state index in [1.54, 1.807) is 0 Å². The lowest BCUT2D eigenvalue weighted by Gasteiger charge is -2.41. The minimum Gasteiger partial charge on any atom is -0.356 e. The summed E-state index contributed by atoms with van der Waals surface area (Å²) in [5.74, 6) is 1.68. The van der Waals surface area contributed by atoms with Crippen LogP contribution in [0.2, 0.25) is 0 Å². The maximum absolute atomic E-state index is 12.7. The van der Waals surface area contributed by atoms with Gasteiger partial charge in [-0.05, 0) is 50.3 Å². The number of aromatic amines is 1. The molecule has 150 valence electrons. The Balaban J connectivity index is 1.55. The van der Waals surface area contributed by atoms with Crippen LogP contribution in [0.15, 0.2) is 35.1 Å². The Kier molecular flexibility index (Phi) is 4.12. The monoisotopic (exact) mass is 389 g/mol. The average molecular weight is 390 g/mol. The van der Waals surface area contributed by atoms with Crippen molar-refractivity contribution < 1.29 is 0 Å². The quantitative estimate of drug-likeness (QED) is 0.729. The van der Waals surface area contributed by atoms with Crippen molar-refractivity contribution >= 4 is 22.7 Å². The van der Waals surface area contributed by atoms with Crippen LogP contribution in [0.3, 0.4) is 0 Å². The highest BCUT2D eigenvalue weighted by molar-refractivity contribution is 5.83. The molecular formula is C23H27N5O. The summed E-state index contributed by atoms with van der Waals surface area (Å²) in [6.07, 6.45) is 3.95. The number of fused-ring (bicyclic) bond motifs is 3. The minimum atomic E-state index is -0.0617. The number of H-pyrrole nitrogens is 1. The summed E-state index contributed by atoms with van der Waals surface area (Å²) in [4.78, 5) is 29.7. The van der Waals surface area contributed by atoms with Gasteiger partial charge in [0.15, 0.2) is 0 Å². The first-order valence-electron chi connectivity index (χ1n) is 10.4. The van der Waals surface area contributed by atoms with Crippen LogP contribution in [-0.2, 0) is 11.8 Å². The number of pyridine rings is 1. The van der Waals surface area contributed by atoms with E-state index in [4.69, 9.17) is 9.97 Å². The predicted octanol–water partition coefficient (Wildman–Crippen LogP) is 3.18. The number of para-hydroxylation sites is 1. The van der Waals surface area contributed by atoms with E-state index in [1.807, 2.05) is 25.1 Å². The molecule has 0 saturated carbocycles. The van der Waals surface area contributed by atoms with Gasteiger partial charge in [-0.3, -0.25) is 9.78 Å². The molecule has 1 saturated heterocycles. The van der Waals surface area contributed by atoms with Crippen LogP contribution in [0.1, 0.15) is 36.1 Å². The standard InChI is InChI=1S/C23H27N5O/c1-15-13-19(24-18-8-5-4-7-16(15)18)28-12-6-10-23(14-28)11-9-17-20(23)25-22(27(2)3)26-21(17)29/h4-5,7-8,13H,6,9-12,14H2,1-3H3,(H,25,26,29). The van der Waals surface area contributed by atoms with E-state index in [9.17, 15) is 4.79 Å². The van der Waals surface area contributed by atoms with Gasteiger partial charge in [0, 0.05) is 43.5 Å². The normalized spacial score (nSPS) is 21.0. The second kappa shape index (κ2) is 6.58. The molecule has 6 nitrogen and oxygen atoms in total. The highest BCUT2D eigenvalue weighted by atomic mass is 16.1. The molecular weight excluding hydrogens is 362 g/mol. The van der Waals surface area contributed by atoms with E-state index in [1.165, 1.54) is 10.9 Å². The zero-order valence-electron chi connectivity index (χ0n) is 17.3. The number of hydrogen-bond acceptors (Lipinski definition) is 5. The largest absolute Gasteiger partial charge is 0.356 e. The first-order valence-corrected chi connectivity index (χ1v) is 10.4. The second-order valence-corrected chi connectivity index (χ2v) is 8.73. The third-order valence-corrected chi connectivity index (χ3v) is 6.59.